The number of rotatable bonds is 1. The summed E-state index contributed by atoms with van der Waals surface area (Å²) in [6.07, 6.45) is 0. The Morgan fingerprint density at radius 1 is 1.36 bits per heavy atom. The SMILES string of the molecule is Clc1ccc(C2CNCCS2)c(Cl)c1. The molecule has 0 aliphatic carbocycles. The molecule has 2 rings (SSSR count). The van der Waals surface area contributed by atoms with Gasteiger partial charge in [0.15, 0.2) is 0 Å². The quantitative estimate of drug-likeness (QED) is 0.817. The van der Waals surface area contributed by atoms with Gasteiger partial charge < -0.3 is 5.32 Å². The van der Waals surface area contributed by atoms with Crippen LogP contribution in [0.2, 0.25) is 10.0 Å². The molecule has 76 valence electrons. The van der Waals surface area contributed by atoms with Crippen molar-refractivity contribution in [3.63, 3.8) is 0 Å². The Kier molecular flexibility index (Phi) is 3.61. The third-order valence-electron chi connectivity index (χ3n) is 2.24. The van der Waals surface area contributed by atoms with E-state index in [2.05, 4.69) is 5.32 Å². The first-order chi connectivity index (χ1) is 6.77. The molecule has 0 amide bonds. The van der Waals surface area contributed by atoms with Gasteiger partial charge in [-0.3, -0.25) is 0 Å². The number of hydrogen-bond acceptors (Lipinski definition) is 2. The molecule has 0 saturated carbocycles. The van der Waals surface area contributed by atoms with Crippen LogP contribution in [-0.2, 0) is 0 Å². The molecule has 1 saturated heterocycles. The highest BCUT2D eigenvalue weighted by Crippen LogP contribution is 2.35. The summed E-state index contributed by atoms with van der Waals surface area (Å²) in [6, 6.07) is 5.74. The van der Waals surface area contributed by atoms with E-state index in [-0.39, 0.29) is 0 Å². The molecule has 0 spiro atoms. The summed E-state index contributed by atoms with van der Waals surface area (Å²) >= 11 is 13.9. The van der Waals surface area contributed by atoms with Gasteiger partial charge in [0, 0.05) is 34.1 Å². The number of benzene rings is 1. The molecule has 1 fully saturated rings. The van der Waals surface area contributed by atoms with E-state index >= 15 is 0 Å². The van der Waals surface area contributed by atoms with Crippen molar-refractivity contribution in [1.82, 2.24) is 5.32 Å². The fourth-order valence-corrected chi connectivity index (χ4v) is 3.30. The van der Waals surface area contributed by atoms with Gasteiger partial charge in [-0.2, -0.15) is 11.8 Å². The molecule has 1 aliphatic rings. The van der Waals surface area contributed by atoms with Crippen molar-refractivity contribution in [3.05, 3.63) is 33.8 Å². The zero-order chi connectivity index (χ0) is 9.97. The van der Waals surface area contributed by atoms with Crippen molar-refractivity contribution in [2.24, 2.45) is 0 Å². The van der Waals surface area contributed by atoms with Crippen molar-refractivity contribution >= 4 is 35.0 Å². The van der Waals surface area contributed by atoms with Crippen molar-refractivity contribution < 1.29 is 0 Å². The van der Waals surface area contributed by atoms with E-state index in [4.69, 9.17) is 23.2 Å². The van der Waals surface area contributed by atoms with E-state index in [0.717, 1.165) is 23.9 Å². The van der Waals surface area contributed by atoms with Crippen LogP contribution in [0.25, 0.3) is 0 Å². The maximum absolute atomic E-state index is 6.14. The van der Waals surface area contributed by atoms with Crippen LogP contribution in [-0.4, -0.2) is 18.8 Å². The first-order valence-corrected chi connectivity index (χ1v) is 6.35. The molecule has 1 aliphatic heterocycles. The van der Waals surface area contributed by atoms with Gasteiger partial charge in [-0.15, -0.1) is 0 Å². The molecule has 1 aromatic carbocycles. The third-order valence-corrected chi connectivity index (χ3v) is 4.06. The predicted octanol–water partition coefficient (Wildman–Crippen LogP) is 3.37. The second-order valence-electron chi connectivity index (χ2n) is 3.23. The fourth-order valence-electron chi connectivity index (χ4n) is 1.53. The standard InChI is InChI=1S/C10H11Cl2NS/c11-7-1-2-8(9(12)5-7)10-6-13-3-4-14-10/h1-2,5,10,13H,3-4,6H2. The molecule has 14 heavy (non-hydrogen) atoms. The summed E-state index contributed by atoms with van der Waals surface area (Å²) in [5, 5.41) is 5.31. The van der Waals surface area contributed by atoms with Gasteiger partial charge in [-0.1, -0.05) is 29.3 Å². The van der Waals surface area contributed by atoms with Gasteiger partial charge in [0.05, 0.1) is 0 Å². The first-order valence-electron chi connectivity index (χ1n) is 4.54. The van der Waals surface area contributed by atoms with Crippen LogP contribution < -0.4 is 5.32 Å². The van der Waals surface area contributed by atoms with E-state index in [1.54, 1.807) is 0 Å². The van der Waals surface area contributed by atoms with Crippen molar-refractivity contribution in [3.8, 4) is 0 Å². The van der Waals surface area contributed by atoms with Crippen molar-refractivity contribution in [1.29, 1.82) is 0 Å². The molecule has 0 aromatic heterocycles. The molecule has 4 heteroatoms. The lowest BCUT2D eigenvalue weighted by Crippen LogP contribution is -2.28. The highest BCUT2D eigenvalue weighted by atomic mass is 35.5. The van der Waals surface area contributed by atoms with Gasteiger partial charge in [0.2, 0.25) is 0 Å². The monoisotopic (exact) mass is 247 g/mol. The zero-order valence-electron chi connectivity index (χ0n) is 7.59. The molecule has 1 heterocycles. The molecule has 1 atom stereocenters. The number of nitrogens with one attached hydrogen (secondary N) is 1. The highest BCUT2D eigenvalue weighted by Gasteiger charge is 2.17. The van der Waals surface area contributed by atoms with E-state index in [1.807, 2.05) is 30.0 Å². The molecule has 1 nitrogen and oxygen atoms in total. The van der Waals surface area contributed by atoms with Crippen molar-refractivity contribution in [2.75, 3.05) is 18.8 Å². The van der Waals surface area contributed by atoms with Gasteiger partial charge in [-0.05, 0) is 17.7 Å². The van der Waals surface area contributed by atoms with Crippen molar-refractivity contribution in [2.45, 2.75) is 5.25 Å². The van der Waals surface area contributed by atoms with Gasteiger partial charge in [-0.25, -0.2) is 0 Å². The van der Waals surface area contributed by atoms with Crippen LogP contribution in [0, 0.1) is 0 Å². The first kappa shape index (κ1) is 10.6. The van der Waals surface area contributed by atoms with E-state index in [9.17, 15) is 0 Å². The number of halogens is 2. The van der Waals surface area contributed by atoms with Gasteiger partial charge in [0.25, 0.3) is 0 Å². The lowest BCUT2D eigenvalue weighted by molar-refractivity contribution is 0.689. The van der Waals surface area contributed by atoms with E-state index in [1.165, 1.54) is 5.56 Å². The lowest BCUT2D eigenvalue weighted by Gasteiger charge is -2.23. The minimum Gasteiger partial charge on any atom is -0.314 e. The Hall–Kier alpha value is 0.110. The Labute approximate surface area is 98.2 Å². The molecule has 1 aromatic rings. The molecule has 0 radical (unpaired) electrons. The molecule has 1 N–H and O–H groups in total. The van der Waals surface area contributed by atoms with Crippen LogP contribution in [0.4, 0.5) is 0 Å². The second-order valence-corrected chi connectivity index (χ2v) is 5.38. The van der Waals surface area contributed by atoms with Crippen LogP contribution >= 0.6 is 35.0 Å². The lowest BCUT2D eigenvalue weighted by atomic mass is 10.1. The Bertz CT molecular complexity index is 324. The molecule has 0 bridgehead atoms. The van der Waals surface area contributed by atoms with Gasteiger partial charge >= 0.3 is 0 Å². The van der Waals surface area contributed by atoms with Crippen LogP contribution in [0.3, 0.4) is 0 Å². The highest BCUT2D eigenvalue weighted by molar-refractivity contribution is 7.99. The summed E-state index contributed by atoms with van der Waals surface area (Å²) in [7, 11) is 0. The smallest absolute Gasteiger partial charge is 0.0464 e. The fraction of sp³-hybridized carbons (Fsp3) is 0.400. The Balaban J connectivity index is 2.22. The topological polar surface area (TPSA) is 12.0 Å². The average molecular weight is 248 g/mol. The summed E-state index contributed by atoms with van der Waals surface area (Å²) in [6.45, 7) is 2.08. The third kappa shape index (κ3) is 2.37. The Morgan fingerprint density at radius 2 is 2.21 bits per heavy atom. The molecular formula is C10H11Cl2NS. The summed E-state index contributed by atoms with van der Waals surface area (Å²) in [5.74, 6) is 1.14. The van der Waals surface area contributed by atoms with Crippen LogP contribution in [0.15, 0.2) is 18.2 Å². The Morgan fingerprint density at radius 3 is 2.86 bits per heavy atom. The molecule has 1 unspecified atom stereocenters. The average Bonchev–Trinajstić information content (AvgIpc) is 2.19. The minimum atomic E-state index is 0.466. The van der Waals surface area contributed by atoms with E-state index in [0.29, 0.717) is 10.3 Å². The van der Waals surface area contributed by atoms with Crippen LogP contribution in [0.5, 0.6) is 0 Å². The van der Waals surface area contributed by atoms with Crippen LogP contribution in [0.1, 0.15) is 10.8 Å². The molecular weight excluding hydrogens is 237 g/mol. The number of thioether (sulfide) groups is 1. The maximum atomic E-state index is 6.14. The van der Waals surface area contributed by atoms with Gasteiger partial charge in [0.1, 0.15) is 0 Å². The summed E-state index contributed by atoms with van der Waals surface area (Å²) in [5.41, 5.74) is 1.19. The minimum absolute atomic E-state index is 0.466. The van der Waals surface area contributed by atoms with E-state index < -0.39 is 0 Å². The predicted molar refractivity (Wildman–Crippen MR) is 64.5 cm³/mol. The zero-order valence-corrected chi connectivity index (χ0v) is 9.92. The maximum Gasteiger partial charge on any atom is 0.0464 e. The largest absolute Gasteiger partial charge is 0.314 e. The second kappa shape index (κ2) is 4.75. The summed E-state index contributed by atoms with van der Waals surface area (Å²) in [4.78, 5) is 0. The normalized spacial score (nSPS) is 22.3. The summed E-state index contributed by atoms with van der Waals surface area (Å²) < 4.78 is 0. The number of hydrogen-bond donors (Lipinski definition) is 1.